The summed E-state index contributed by atoms with van der Waals surface area (Å²) in [7, 11) is 3.36. The van der Waals surface area contributed by atoms with E-state index in [0.29, 0.717) is 0 Å². The zero-order valence-electron chi connectivity index (χ0n) is 25.5. The predicted octanol–water partition coefficient (Wildman–Crippen LogP) is 9.25. The van der Waals surface area contributed by atoms with Gasteiger partial charge in [-0.1, -0.05) is 76.8 Å². The van der Waals surface area contributed by atoms with E-state index in [1.54, 1.807) is 19.5 Å². The number of benzene rings is 4. The van der Waals surface area contributed by atoms with E-state index >= 15 is 0 Å². The van der Waals surface area contributed by atoms with Crippen LogP contribution in [0, 0.1) is 0 Å². The van der Waals surface area contributed by atoms with Crippen LogP contribution < -0.4 is 24.5 Å². The quantitative estimate of drug-likeness (QED) is 0.120. The van der Waals surface area contributed by atoms with Crippen molar-refractivity contribution in [2.24, 2.45) is 0 Å². The molecule has 3 nitrogen and oxygen atoms in total. The molecule has 0 bridgehead atoms. The first-order chi connectivity index (χ1) is 21.1. The Morgan fingerprint density at radius 1 is 0.581 bits per heavy atom. The molecule has 0 radical (unpaired) electrons. The SMILES string of the molecule is COc1cccc(OC)c1-c1ccccc1P(C1CCCCC1)C1CCCCC1.Nc1ccccc1-c1cccc[c]1[Pd]. The summed E-state index contributed by atoms with van der Waals surface area (Å²) in [6, 6.07) is 31.3. The summed E-state index contributed by atoms with van der Waals surface area (Å²) in [4.78, 5) is 0. The Balaban J connectivity index is 0.000000220. The third-order valence-electron chi connectivity index (χ3n) is 8.91. The molecule has 4 aromatic rings. The van der Waals surface area contributed by atoms with Crippen LogP contribution in [-0.2, 0) is 19.2 Å². The molecular formula is C38H45NO2PPd. The van der Waals surface area contributed by atoms with Gasteiger partial charge in [0.15, 0.2) is 0 Å². The Kier molecular flexibility index (Phi) is 11.8. The number of methoxy groups -OCH3 is 2. The van der Waals surface area contributed by atoms with Crippen LogP contribution in [0.1, 0.15) is 64.2 Å². The van der Waals surface area contributed by atoms with Crippen molar-refractivity contribution in [1.29, 1.82) is 0 Å². The molecule has 2 fully saturated rings. The number of nitrogen functional groups attached to an aromatic ring is 1. The second-order valence-corrected chi connectivity index (χ2v) is 15.2. The first kappa shape index (κ1) is 31.8. The molecule has 2 N–H and O–H groups in total. The standard InChI is InChI=1S/C26H35O2P.C12H10N.Pd/c1-27-23-17-11-18-24(28-2)26(23)22-16-9-10-19-25(22)29(20-12-5-3-6-13-20)21-14-7-4-8-15-21;13-12-9-5-4-8-11(12)10-6-2-1-3-7-10;/h9-11,16-21H,3-8,12-15H2,1-2H3;1-6,8-9H,13H2;. The Morgan fingerprint density at radius 2 is 1.07 bits per heavy atom. The van der Waals surface area contributed by atoms with Gasteiger partial charge in [-0.05, 0) is 60.0 Å². The first-order valence-corrected chi connectivity index (χ1v) is 18.0. The summed E-state index contributed by atoms with van der Waals surface area (Å²) in [5.41, 5.74) is 13.2. The van der Waals surface area contributed by atoms with Gasteiger partial charge in [0.25, 0.3) is 0 Å². The summed E-state index contributed by atoms with van der Waals surface area (Å²) in [5.74, 6) is 1.83. The molecule has 6 rings (SSSR count). The molecule has 0 aliphatic heterocycles. The van der Waals surface area contributed by atoms with Crippen molar-refractivity contribution < 1.29 is 28.7 Å². The molecule has 0 saturated heterocycles. The van der Waals surface area contributed by atoms with Gasteiger partial charge in [-0.3, -0.25) is 0 Å². The molecule has 0 heterocycles. The van der Waals surface area contributed by atoms with Crippen LogP contribution in [0.15, 0.2) is 91.0 Å². The van der Waals surface area contributed by atoms with Crippen molar-refractivity contribution in [3.63, 3.8) is 0 Å². The molecule has 229 valence electrons. The summed E-state index contributed by atoms with van der Waals surface area (Å²) >= 11 is 3.23. The van der Waals surface area contributed by atoms with Crippen LogP contribution in [0.4, 0.5) is 5.69 Å². The fraction of sp³-hybridized carbons (Fsp3) is 0.368. The normalized spacial score (nSPS) is 15.9. The van der Waals surface area contributed by atoms with E-state index in [0.717, 1.165) is 49.2 Å². The van der Waals surface area contributed by atoms with E-state index < -0.39 is 0 Å². The number of rotatable bonds is 7. The van der Waals surface area contributed by atoms with E-state index in [2.05, 4.69) is 61.7 Å². The van der Waals surface area contributed by atoms with Crippen LogP contribution in [0.5, 0.6) is 11.5 Å². The predicted molar refractivity (Wildman–Crippen MR) is 181 cm³/mol. The topological polar surface area (TPSA) is 44.5 Å². The van der Waals surface area contributed by atoms with Crippen molar-refractivity contribution in [2.75, 3.05) is 20.0 Å². The molecule has 0 atom stereocenters. The molecule has 5 heteroatoms. The van der Waals surface area contributed by atoms with E-state index in [1.165, 1.54) is 69.8 Å². The van der Waals surface area contributed by atoms with Gasteiger partial charge in [-0.25, -0.2) is 0 Å². The third-order valence-corrected chi connectivity index (χ3v) is 13.1. The fourth-order valence-electron chi connectivity index (χ4n) is 6.84. The molecule has 43 heavy (non-hydrogen) atoms. The van der Waals surface area contributed by atoms with E-state index in [4.69, 9.17) is 15.2 Å². The van der Waals surface area contributed by atoms with Gasteiger partial charge in [0.05, 0.1) is 19.8 Å². The average Bonchev–Trinajstić information content (AvgIpc) is 3.07. The molecule has 0 amide bonds. The first-order valence-electron chi connectivity index (χ1n) is 15.8. The van der Waals surface area contributed by atoms with E-state index in [1.807, 2.05) is 48.5 Å². The third kappa shape index (κ3) is 7.72. The second kappa shape index (κ2) is 15.9. The summed E-state index contributed by atoms with van der Waals surface area (Å²) in [6.45, 7) is 0. The minimum absolute atomic E-state index is 0.182. The number of ether oxygens (including phenoxy) is 2. The van der Waals surface area contributed by atoms with Crippen molar-refractivity contribution in [2.45, 2.75) is 75.5 Å². The summed E-state index contributed by atoms with van der Waals surface area (Å²) < 4.78 is 12.7. The number of anilines is 1. The monoisotopic (exact) mass is 684 g/mol. The number of hydrogen-bond acceptors (Lipinski definition) is 3. The zero-order valence-corrected chi connectivity index (χ0v) is 28.0. The van der Waals surface area contributed by atoms with Gasteiger partial charge in [-0.15, -0.1) is 0 Å². The Morgan fingerprint density at radius 3 is 1.60 bits per heavy atom. The van der Waals surface area contributed by atoms with Crippen LogP contribution in [0.3, 0.4) is 0 Å². The molecule has 2 aliphatic carbocycles. The summed E-state index contributed by atoms with van der Waals surface area (Å²) in [6.07, 6.45) is 14.2. The van der Waals surface area contributed by atoms with Gasteiger partial charge in [0.2, 0.25) is 0 Å². The molecular weight excluding hydrogens is 640 g/mol. The maximum atomic E-state index is 5.90. The van der Waals surface area contributed by atoms with Gasteiger partial charge < -0.3 is 9.47 Å². The zero-order chi connectivity index (χ0) is 30.0. The Bertz CT molecular complexity index is 1380. The Labute approximate surface area is 270 Å². The van der Waals surface area contributed by atoms with E-state index in [-0.39, 0.29) is 7.92 Å². The molecule has 2 saturated carbocycles. The Hall–Kier alpha value is -2.63. The number of para-hydroxylation sites is 1. The van der Waals surface area contributed by atoms with Gasteiger partial charge >= 0.3 is 94.3 Å². The van der Waals surface area contributed by atoms with Crippen LogP contribution in [-0.4, -0.2) is 25.5 Å². The van der Waals surface area contributed by atoms with Crippen LogP contribution in [0.25, 0.3) is 22.3 Å². The molecule has 0 aromatic heterocycles. The van der Waals surface area contributed by atoms with Crippen molar-refractivity contribution in [3.05, 3.63) is 91.0 Å². The van der Waals surface area contributed by atoms with Crippen LogP contribution in [0.2, 0.25) is 0 Å². The molecule has 4 aromatic carbocycles. The molecule has 0 unspecified atom stereocenters. The van der Waals surface area contributed by atoms with Gasteiger partial charge in [0, 0.05) is 0 Å². The van der Waals surface area contributed by atoms with Crippen molar-refractivity contribution in [3.8, 4) is 33.8 Å². The average molecular weight is 685 g/mol. The second-order valence-electron chi connectivity index (χ2n) is 11.6. The number of nitrogens with two attached hydrogens (primary N) is 1. The van der Waals surface area contributed by atoms with E-state index in [9.17, 15) is 0 Å². The van der Waals surface area contributed by atoms with Crippen LogP contribution >= 0.6 is 7.92 Å². The van der Waals surface area contributed by atoms with Crippen molar-refractivity contribution >= 4 is 22.9 Å². The van der Waals surface area contributed by atoms with Crippen molar-refractivity contribution in [1.82, 2.24) is 0 Å². The maximum absolute atomic E-state index is 5.90. The minimum atomic E-state index is -0.182. The number of hydrogen-bond donors (Lipinski definition) is 1. The summed E-state index contributed by atoms with van der Waals surface area (Å²) in [5, 5.41) is 1.59. The fourth-order valence-corrected chi connectivity index (χ4v) is 11.3. The van der Waals surface area contributed by atoms with Gasteiger partial charge in [0.1, 0.15) is 11.5 Å². The molecule has 0 spiro atoms. The van der Waals surface area contributed by atoms with Gasteiger partial charge in [-0.2, -0.15) is 0 Å². The molecule has 2 aliphatic rings.